The Morgan fingerprint density at radius 1 is 1.33 bits per heavy atom. The predicted octanol–water partition coefficient (Wildman–Crippen LogP) is 2.75. The summed E-state index contributed by atoms with van der Waals surface area (Å²) in [6, 6.07) is 5.68. The van der Waals surface area contributed by atoms with E-state index in [1.54, 1.807) is 11.7 Å². The van der Waals surface area contributed by atoms with Crippen molar-refractivity contribution >= 4 is 17.0 Å². The van der Waals surface area contributed by atoms with Gasteiger partial charge in [0.15, 0.2) is 0 Å². The molecule has 18 heavy (non-hydrogen) atoms. The lowest BCUT2D eigenvalue weighted by Gasteiger charge is -2.03. The van der Waals surface area contributed by atoms with Crippen LogP contribution in [0.15, 0.2) is 34.4 Å². The van der Waals surface area contributed by atoms with Crippen molar-refractivity contribution in [1.29, 1.82) is 0 Å². The molecule has 3 rings (SSSR count). The van der Waals surface area contributed by atoms with Crippen LogP contribution in [0.1, 0.15) is 5.56 Å². The second kappa shape index (κ2) is 4.23. The van der Waals surface area contributed by atoms with Gasteiger partial charge in [0, 0.05) is 11.9 Å². The number of nitrogens with zero attached hydrogens (tertiary/aromatic N) is 3. The molecule has 90 valence electrons. The van der Waals surface area contributed by atoms with Crippen LogP contribution in [0.25, 0.3) is 22.2 Å². The topological polar surface area (TPSA) is 77.8 Å². The molecule has 0 radical (unpaired) electrons. The first kappa shape index (κ1) is 10.9. The van der Waals surface area contributed by atoms with Crippen molar-refractivity contribution in [3.63, 3.8) is 0 Å². The number of anilines is 1. The fourth-order valence-electron chi connectivity index (χ4n) is 1.73. The molecule has 2 heterocycles. The van der Waals surface area contributed by atoms with Crippen LogP contribution in [-0.4, -0.2) is 15.1 Å². The van der Waals surface area contributed by atoms with Crippen LogP contribution in [0.5, 0.6) is 0 Å². The van der Waals surface area contributed by atoms with E-state index in [1.165, 1.54) is 11.3 Å². The average molecular weight is 258 g/mol. The molecule has 5 nitrogen and oxygen atoms in total. The van der Waals surface area contributed by atoms with Crippen LogP contribution in [0.3, 0.4) is 0 Å². The van der Waals surface area contributed by atoms with Crippen molar-refractivity contribution in [1.82, 2.24) is 15.1 Å². The smallest absolute Gasteiger partial charge is 0.260 e. The van der Waals surface area contributed by atoms with Gasteiger partial charge in [-0.3, -0.25) is 4.98 Å². The maximum Gasteiger partial charge on any atom is 0.260 e. The van der Waals surface area contributed by atoms with Crippen LogP contribution in [0, 0.1) is 6.92 Å². The molecule has 0 unspecified atom stereocenters. The standard InChI is InChI=1S/C12H10N4OS/c1-7-3-2-4-8(13)10(7)12-15-11(16-17-12)9-5-14-6-18-9/h2-6H,13H2,1H3. The lowest BCUT2D eigenvalue weighted by Crippen LogP contribution is -1.92. The molecule has 0 aliphatic carbocycles. The summed E-state index contributed by atoms with van der Waals surface area (Å²) in [6.07, 6.45) is 1.71. The van der Waals surface area contributed by atoms with E-state index in [4.69, 9.17) is 10.3 Å². The van der Waals surface area contributed by atoms with Gasteiger partial charge in [0.25, 0.3) is 5.89 Å². The molecular weight excluding hydrogens is 248 g/mol. The Balaban J connectivity index is 2.09. The van der Waals surface area contributed by atoms with Gasteiger partial charge in [-0.1, -0.05) is 17.3 Å². The van der Waals surface area contributed by atoms with E-state index >= 15 is 0 Å². The maximum atomic E-state index is 5.94. The second-order valence-corrected chi connectivity index (χ2v) is 4.71. The van der Waals surface area contributed by atoms with Crippen molar-refractivity contribution in [2.75, 3.05) is 5.73 Å². The minimum atomic E-state index is 0.439. The van der Waals surface area contributed by atoms with Gasteiger partial charge in [-0.05, 0) is 18.6 Å². The number of thiazole rings is 1. The first-order valence-electron chi connectivity index (χ1n) is 5.34. The highest BCUT2D eigenvalue weighted by Gasteiger charge is 2.15. The van der Waals surface area contributed by atoms with Crippen molar-refractivity contribution in [2.24, 2.45) is 0 Å². The number of rotatable bonds is 2. The lowest BCUT2D eigenvalue weighted by molar-refractivity contribution is 0.432. The summed E-state index contributed by atoms with van der Waals surface area (Å²) in [5.41, 5.74) is 10.1. The quantitative estimate of drug-likeness (QED) is 0.715. The molecule has 0 aliphatic rings. The van der Waals surface area contributed by atoms with Gasteiger partial charge >= 0.3 is 0 Å². The summed E-state index contributed by atoms with van der Waals surface area (Å²) in [5.74, 6) is 0.976. The Bertz CT molecular complexity index is 655. The van der Waals surface area contributed by atoms with E-state index in [-0.39, 0.29) is 0 Å². The number of hydrogen-bond donors (Lipinski definition) is 1. The van der Waals surface area contributed by atoms with Crippen molar-refractivity contribution in [3.8, 4) is 22.2 Å². The van der Waals surface area contributed by atoms with Crippen LogP contribution >= 0.6 is 11.3 Å². The summed E-state index contributed by atoms with van der Waals surface area (Å²) in [5, 5.41) is 3.95. The number of aromatic nitrogens is 3. The van der Waals surface area contributed by atoms with Gasteiger partial charge < -0.3 is 10.3 Å². The highest BCUT2D eigenvalue weighted by Crippen LogP contribution is 2.30. The molecule has 6 heteroatoms. The summed E-state index contributed by atoms with van der Waals surface area (Å²) >= 11 is 1.47. The Kier molecular flexibility index (Phi) is 2.56. The van der Waals surface area contributed by atoms with Gasteiger partial charge in [-0.15, -0.1) is 11.3 Å². The van der Waals surface area contributed by atoms with Crippen molar-refractivity contribution in [3.05, 3.63) is 35.5 Å². The first-order valence-corrected chi connectivity index (χ1v) is 6.21. The largest absolute Gasteiger partial charge is 0.398 e. The zero-order chi connectivity index (χ0) is 12.5. The van der Waals surface area contributed by atoms with Gasteiger partial charge in [0.1, 0.15) is 0 Å². The van der Waals surface area contributed by atoms with E-state index in [0.717, 1.165) is 16.0 Å². The van der Waals surface area contributed by atoms with E-state index in [0.29, 0.717) is 17.4 Å². The van der Waals surface area contributed by atoms with Gasteiger partial charge in [-0.25, -0.2) is 0 Å². The van der Waals surface area contributed by atoms with E-state index in [1.807, 2.05) is 25.1 Å². The molecule has 0 aliphatic heterocycles. The number of nitrogens with two attached hydrogens (primary N) is 1. The Labute approximate surface area is 107 Å². The van der Waals surface area contributed by atoms with Crippen molar-refractivity contribution in [2.45, 2.75) is 6.92 Å². The van der Waals surface area contributed by atoms with Gasteiger partial charge in [-0.2, -0.15) is 4.98 Å². The third kappa shape index (κ3) is 1.76. The SMILES string of the molecule is Cc1cccc(N)c1-c1nc(-c2cncs2)no1. The molecular formula is C12H10N4OS. The van der Waals surface area contributed by atoms with Crippen LogP contribution in [-0.2, 0) is 0 Å². The molecule has 0 spiro atoms. The third-order valence-electron chi connectivity index (χ3n) is 2.60. The van der Waals surface area contributed by atoms with Crippen LogP contribution in [0.2, 0.25) is 0 Å². The summed E-state index contributed by atoms with van der Waals surface area (Å²) in [4.78, 5) is 9.22. The number of nitrogen functional groups attached to an aromatic ring is 1. The normalized spacial score (nSPS) is 10.7. The predicted molar refractivity (Wildman–Crippen MR) is 70.0 cm³/mol. The van der Waals surface area contributed by atoms with Gasteiger partial charge in [0.05, 0.1) is 16.0 Å². The van der Waals surface area contributed by atoms with E-state index in [9.17, 15) is 0 Å². The molecule has 2 aromatic heterocycles. The zero-order valence-corrected chi connectivity index (χ0v) is 10.4. The summed E-state index contributed by atoms with van der Waals surface area (Å²) in [7, 11) is 0. The van der Waals surface area contributed by atoms with E-state index < -0.39 is 0 Å². The zero-order valence-electron chi connectivity index (χ0n) is 9.62. The molecule has 0 atom stereocenters. The summed E-state index contributed by atoms with van der Waals surface area (Å²) < 4.78 is 5.27. The van der Waals surface area contributed by atoms with Gasteiger partial charge in [0.2, 0.25) is 5.82 Å². The minimum absolute atomic E-state index is 0.439. The molecule has 1 aromatic carbocycles. The van der Waals surface area contributed by atoms with Crippen LogP contribution < -0.4 is 5.73 Å². The minimum Gasteiger partial charge on any atom is -0.398 e. The third-order valence-corrected chi connectivity index (χ3v) is 3.37. The molecule has 0 amide bonds. The second-order valence-electron chi connectivity index (χ2n) is 3.83. The highest BCUT2D eigenvalue weighted by atomic mass is 32.1. The number of benzene rings is 1. The monoisotopic (exact) mass is 258 g/mol. The Morgan fingerprint density at radius 3 is 2.94 bits per heavy atom. The molecule has 0 saturated heterocycles. The number of aryl methyl sites for hydroxylation is 1. The van der Waals surface area contributed by atoms with Crippen molar-refractivity contribution < 1.29 is 4.52 Å². The summed E-state index contributed by atoms with van der Waals surface area (Å²) in [6.45, 7) is 1.96. The van der Waals surface area contributed by atoms with E-state index in [2.05, 4.69) is 15.1 Å². The Morgan fingerprint density at radius 2 is 2.22 bits per heavy atom. The molecule has 2 N–H and O–H groups in total. The molecule has 0 fully saturated rings. The number of hydrogen-bond acceptors (Lipinski definition) is 6. The maximum absolute atomic E-state index is 5.94. The lowest BCUT2D eigenvalue weighted by atomic mass is 10.1. The average Bonchev–Trinajstić information content (AvgIpc) is 2.99. The fraction of sp³-hybridized carbons (Fsp3) is 0.0833. The fourth-order valence-corrected chi connectivity index (χ4v) is 2.28. The highest BCUT2D eigenvalue weighted by molar-refractivity contribution is 7.13. The van der Waals surface area contributed by atoms with Crippen LogP contribution in [0.4, 0.5) is 5.69 Å². The Hall–Kier alpha value is -2.21. The molecule has 0 saturated carbocycles. The first-order chi connectivity index (χ1) is 8.75. The molecule has 0 bridgehead atoms. The molecule has 3 aromatic rings.